The fourth-order valence-corrected chi connectivity index (χ4v) is 3.95. The van der Waals surface area contributed by atoms with Crippen LogP contribution in [0.4, 0.5) is 0 Å². The Morgan fingerprint density at radius 2 is 0.794 bits per heavy atom. The Balaban J connectivity index is 4.20. The van der Waals surface area contributed by atoms with Gasteiger partial charge in [-0.15, -0.1) is 0 Å². The van der Waals surface area contributed by atoms with E-state index in [1.165, 1.54) is 72.0 Å². The third kappa shape index (κ3) is 15.4. The summed E-state index contributed by atoms with van der Waals surface area (Å²) in [5, 5.41) is 0. The Labute approximate surface area is 215 Å². The molecule has 0 N–H and O–H groups in total. The van der Waals surface area contributed by atoms with Crippen LogP contribution in [-0.4, -0.2) is 0 Å². The Kier molecular flexibility index (Phi) is 17.0. The van der Waals surface area contributed by atoms with Crippen molar-refractivity contribution in [3.05, 3.63) is 71.9 Å². The van der Waals surface area contributed by atoms with Gasteiger partial charge in [0.1, 0.15) is 0 Å². The summed E-state index contributed by atoms with van der Waals surface area (Å²) >= 11 is 0. The van der Waals surface area contributed by atoms with Crippen LogP contribution in [0.15, 0.2) is 71.9 Å². The molecule has 34 heavy (non-hydrogen) atoms. The van der Waals surface area contributed by atoms with Gasteiger partial charge >= 0.3 is 0 Å². The largest absolute Gasteiger partial charge is 0.0999 e. The van der Waals surface area contributed by atoms with E-state index in [1.807, 2.05) is 0 Å². The van der Waals surface area contributed by atoms with E-state index in [0.717, 1.165) is 25.7 Å². The first-order chi connectivity index (χ1) is 15.8. The lowest BCUT2D eigenvalue weighted by molar-refractivity contribution is 0.542. The average molecular weight is 479 g/mol. The van der Waals surface area contributed by atoms with Crippen molar-refractivity contribution in [2.75, 3.05) is 0 Å². The van der Waals surface area contributed by atoms with Crippen LogP contribution in [0.25, 0.3) is 0 Å². The SMILES string of the molecule is CC(=[13CH2])C(C)[13CH2]CC(=[13CH2])C(C)[13CH2]C/C([13CH3])=C/[13CH2][13CH2]/C=C(\[13CH3])C[13CH2]C(C)C(=[13CH2])C[13CH2]C(C)C(C)=[13CH2]. The second kappa shape index (κ2) is 17.8. The normalized spacial score (nSPS) is 16.0. The van der Waals surface area contributed by atoms with E-state index < -0.39 is 0 Å². The number of hydrogen-bond donors (Lipinski definition) is 0. The lowest BCUT2D eigenvalue weighted by Gasteiger charge is -2.18. The summed E-state index contributed by atoms with van der Waals surface area (Å²) in [6.07, 6.45) is 16.6. The highest BCUT2D eigenvalue weighted by atomic mass is 14.5. The fourth-order valence-electron chi connectivity index (χ4n) is 3.95. The van der Waals surface area contributed by atoms with Crippen LogP contribution < -0.4 is 0 Å². The average Bonchev–Trinajstić information content (AvgIpc) is 2.79. The van der Waals surface area contributed by atoms with Crippen molar-refractivity contribution in [1.29, 1.82) is 0 Å². The highest BCUT2D eigenvalue weighted by Gasteiger charge is 2.11. The molecule has 0 nitrogen and oxygen atoms in total. The van der Waals surface area contributed by atoms with Crippen molar-refractivity contribution < 1.29 is 0 Å². The minimum Gasteiger partial charge on any atom is -0.0999 e. The Morgan fingerprint density at radius 3 is 1.09 bits per heavy atom. The zero-order valence-corrected chi connectivity index (χ0v) is 24.4. The lowest BCUT2D eigenvalue weighted by Crippen LogP contribution is -2.02. The highest BCUT2D eigenvalue weighted by Crippen LogP contribution is 2.26. The fraction of sp³-hybridized carbons (Fsp3) is 0.647. The highest BCUT2D eigenvalue weighted by molar-refractivity contribution is 5.07. The number of unbranched alkanes of at least 4 members (excludes halogenated alkanes) is 1. The number of rotatable bonds is 19. The molecule has 4 atom stereocenters. The molecule has 194 valence electrons. The van der Waals surface area contributed by atoms with Gasteiger partial charge in [-0.2, -0.15) is 0 Å². The Bertz CT molecular complexity index is 648. The van der Waals surface area contributed by atoms with Crippen molar-refractivity contribution in [2.45, 2.75) is 120 Å². The van der Waals surface area contributed by atoms with Gasteiger partial charge in [0.2, 0.25) is 0 Å². The van der Waals surface area contributed by atoms with Gasteiger partial charge in [0.25, 0.3) is 0 Å². The minimum absolute atomic E-state index is 0.597. The van der Waals surface area contributed by atoms with Gasteiger partial charge < -0.3 is 0 Å². The standard InChI is InChI=1S/C34H58/c1-25(2)29(7)21-23-33(11)31(9)19-17-27(5)15-13-14-16-28(6)18-20-32(10)34(12)24-22-30(8)26(3)4/h15-16,29-32H,1,3,11-14,17-24H2,2,4-10H3/b27-15+,28-16+/i1+1,3+1,5+1,6+1,11+1,12+1,13+1,14+1,19+1,20+1,21+1,22+1. The summed E-state index contributed by atoms with van der Waals surface area (Å²) in [5.74, 6) is 2.39. The molecule has 0 saturated carbocycles. The molecule has 0 radical (unpaired) electrons. The van der Waals surface area contributed by atoms with Crippen LogP contribution in [-0.2, 0) is 0 Å². The van der Waals surface area contributed by atoms with E-state index in [-0.39, 0.29) is 0 Å². The topological polar surface area (TPSA) is 0 Å². The first kappa shape index (κ1) is 32.4. The Hall–Kier alpha value is -1.56. The van der Waals surface area contributed by atoms with Crippen molar-refractivity contribution in [1.82, 2.24) is 0 Å². The maximum absolute atomic E-state index is 4.36. The molecule has 0 aromatic heterocycles. The van der Waals surface area contributed by atoms with Crippen LogP contribution in [0, 0.1) is 23.7 Å². The smallest absolute Gasteiger partial charge is 0.0231 e. The maximum atomic E-state index is 4.36. The van der Waals surface area contributed by atoms with E-state index in [2.05, 4.69) is 93.9 Å². The molecule has 0 fully saturated rings. The second-order valence-corrected chi connectivity index (χ2v) is 11.4. The zero-order chi connectivity index (χ0) is 26.3. The molecule has 0 aliphatic carbocycles. The molecule has 0 aromatic carbocycles. The zero-order valence-electron chi connectivity index (χ0n) is 24.4. The molecule has 0 aliphatic rings. The molecule has 0 heteroatoms. The molecule has 0 rings (SSSR count). The van der Waals surface area contributed by atoms with E-state index in [0.29, 0.717) is 23.7 Å². The molecule has 0 heterocycles. The summed E-state index contributed by atoms with van der Waals surface area (Å²) < 4.78 is 0. The summed E-state index contributed by atoms with van der Waals surface area (Å²) in [6, 6.07) is 0. The molecular formula is C34H58. The van der Waals surface area contributed by atoms with Crippen LogP contribution in [0.5, 0.6) is 0 Å². The van der Waals surface area contributed by atoms with Gasteiger partial charge in [-0.3, -0.25) is 0 Å². The molecule has 0 amide bonds. The molecule has 0 bridgehead atoms. The quantitative estimate of drug-likeness (QED) is 0.0983. The van der Waals surface area contributed by atoms with Gasteiger partial charge in [0.05, 0.1) is 0 Å². The first-order valence-electron chi connectivity index (χ1n) is 13.8. The first-order valence-corrected chi connectivity index (χ1v) is 13.8. The van der Waals surface area contributed by atoms with Gasteiger partial charge in [0.15, 0.2) is 0 Å². The predicted octanol–water partition coefficient (Wildman–Crippen LogP) is 11.6. The van der Waals surface area contributed by atoms with Crippen LogP contribution >= 0.6 is 0 Å². The number of hydrogen-bond acceptors (Lipinski definition) is 0. The van der Waals surface area contributed by atoms with Gasteiger partial charge in [-0.05, 0) is 116 Å². The summed E-state index contributed by atoms with van der Waals surface area (Å²) in [6.45, 7) is 34.9. The summed E-state index contributed by atoms with van der Waals surface area (Å²) in [7, 11) is 0. The maximum Gasteiger partial charge on any atom is -0.0231 e. The van der Waals surface area contributed by atoms with Crippen molar-refractivity contribution in [2.24, 2.45) is 23.7 Å². The van der Waals surface area contributed by atoms with E-state index in [9.17, 15) is 0 Å². The summed E-state index contributed by atoms with van der Waals surface area (Å²) in [4.78, 5) is 0. The van der Waals surface area contributed by atoms with E-state index in [1.54, 1.807) is 0 Å². The number of allylic oxidation sites excluding steroid dienone is 8. The van der Waals surface area contributed by atoms with E-state index in [4.69, 9.17) is 0 Å². The molecule has 0 aromatic rings. The summed E-state index contributed by atoms with van der Waals surface area (Å²) in [5.41, 5.74) is 8.42. The van der Waals surface area contributed by atoms with Crippen molar-refractivity contribution in [3.8, 4) is 0 Å². The van der Waals surface area contributed by atoms with E-state index >= 15 is 0 Å². The van der Waals surface area contributed by atoms with Gasteiger partial charge in [-0.25, -0.2) is 0 Å². The van der Waals surface area contributed by atoms with Crippen LogP contribution in [0.1, 0.15) is 120 Å². The molecule has 4 unspecified atom stereocenters. The van der Waals surface area contributed by atoms with Crippen LogP contribution in [0.2, 0.25) is 0 Å². The van der Waals surface area contributed by atoms with Crippen molar-refractivity contribution in [3.63, 3.8) is 0 Å². The molecule has 0 saturated heterocycles. The molecule has 0 spiro atoms. The predicted molar refractivity (Wildman–Crippen MR) is 158 cm³/mol. The molecule has 0 aliphatic heterocycles. The lowest BCUT2D eigenvalue weighted by atomic mass is 10.0. The molecular weight excluding hydrogens is 420 g/mol. The third-order valence-electron chi connectivity index (χ3n) is 7.97. The van der Waals surface area contributed by atoms with Gasteiger partial charge in [0, 0.05) is 0 Å². The van der Waals surface area contributed by atoms with Gasteiger partial charge in [-0.1, -0.05) is 99.6 Å². The monoisotopic (exact) mass is 478 g/mol. The van der Waals surface area contributed by atoms with Crippen molar-refractivity contribution >= 4 is 0 Å². The Morgan fingerprint density at radius 1 is 0.500 bits per heavy atom. The minimum atomic E-state index is 0.597. The third-order valence-corrected chi connectivity index (χ3v) is 7.97. The second-order valence-electron chi connectivity index (χ2n) is 11.4. The van der Waals surface area contributed by atoms with Crippen LogP contribution in [0.3, 0.4) is 0 Å².